The lowest BCUT2D eigenvalue weighted by molar-refractivity contribution is -0.137. The lowest BCUT2D eigenvalue weighted by atomic mass is 9.90. The Bertz CT molecular complexity index is 1660. The molecule has 13 heteroatoms. The van der Waals surface area contributed by atoms with Crippen LogP contribution in [-0.4, -0.2) is 73.7 Å². The van der Waals surface area contributed by atoms with Gasteiger partial charge in [-0.25, -0.2) is 4.98 Å². The molecule has 0 aliphatic carbocycles. The fourth-order valence-corrected chi connectivity index (χ4v) is 5.59. The van der Waals surface area contributed by atoms with Crippen LogP contribution in [0.25, 0.3) is 10.9 Å². The normalized spacial score (nSPS) is 13.5. The van der Waals surface area contributed by atoms with Crippen LogP contribution in [0.4, 0.5) is 11.4 Å². The number of para-hydroxylation sites is 1. The van der Waals surface area contributed by atoms with Gasteiger partial charge in [-0.1, -0.05) is 12.1 Å². The lowest BCUT2D eigenvalue weighted by Gasteiger charge is -2.27. The second-order valence-electron chi connectivity index (χ2n) is 11.6. The van der Waals surface area contributed by atoms with E-state index < -0.39 is 5.41 Å². The van der Waals surface area contributed by atoms with E-state index in [-0.39, 0.29) is 49.0 Å². The molecule has 0 saturated heterocycles. The Balaban J connectivity index is 0.00000267. The van der Waals surface area contributed by atoms with E-state index in [9.17, 15) is 9.59 Å². The fraction of sp³-hybridized carbons (Fsp3) is 0.371. The van der Waals surface area contributed by atoms with Gasteiger partial charge >= 0.3 is 0 Å². The average Bonchev–Trinajstić information content (AvgIpc) is 3.10. The van der Waals surface area contributed by atoms with Gasteiger partial charge in [0.15, 0.2) is 0 Å². The molecule has 0 bridgehead atoms. The molecule has 0 radical (unpaired) electrons. The third-order valence-corrected chi connectivity index (χ3v) is 8.11. The number of rotatable bonds is 13. The zero-order valence-electron chi connectivity index (χ0n) is 27.9. The highest BCUT2D eigenvalue weighted by molar-refractivity contribution is 6.20. The predicted octanol–water partition coefficient (Wildman–Crippen LogP) is 6.61. The van der Waals surface area contributed by atoms with E-state index in [1.807, 2.05) is 67.6 Å². The Morgan fingerprint density at radius 2 is 1.60 bits per heavy atom. The van der Waals surface area contributed by atoms with E-state index in [2.05, 4.69) is 14.9 Å². The molecule has 0 fully saturated rings. The summed E-state index contributed by atoms with van der Waals surface area (Å²) in [4.78, 5) is 40.7. The summed E-state index contributed by atoms with van der Waals surface area (Å²) in [5, 5.41) is 0.994. The van der Waals surface area contributed by atoms with Crippen LogP contribution in [-0.2, 0) is 16.1 Å². The summed E-state index contributed by atoms with van der Waals surface area (Å²) in [7, 11) is 3.35. The van der Waals surface area contributed by atoms with Gasteiger partial charge < -0.3 is 24.0 Å². The molecule has 260 valence electrons. The van der Waals surface area contributed by atoms with Crippen LogP contribution in [0, 0.1) is 5.41 Å². The van der Waals surface area contributed by atoms with E-state index in [1.54, 1.807) is 50.2 Å². The largest absolute Gasteiger partial charge is 0.494 e. The maximum atomic E-state index is 13.2. The van der Waals surface area contributed by atoms with E-state index >= 15 is 0 Å². The predicted molar refractivity (Wildman–Crippen MR) is 197 cm³/mol. The summed E-state index contributed by atoms with van der Waals surface area (Å²) >= 11 is 0. The molecule has 48 heavy (non-hydrogen) atoms. The van der Waals surface area contributed by atoms with Crippen molar-refractivity contribution in [1.29, 1.82) is 0 Å². The molecule has 3 heterocycles. The fourth-order valence-electron chi connectivity index (χ4n) is 5.59. The van der Waals surface area contributed by atoms with Gasteiger partial charge in [0, 0.05) is 63.1 Å². The van der Waals surface area contributed by atoms with Crippen LogP contribution in [0.5, 0.6) is 17.4 Å². The minimum atomic E-state index is -1.15. The zero-order valence-corrected chi connectivity index (χ0v) is 30.3. The van der Waals surface area contributed by atoms with Crippen molar-refractivity contribution < 1.29 is 23.8 Å². The number of hydrogen-bond donors (Lipinski definition) is 0. The van der Waals surface area contributed by atoms with Gasteiger partial charge in [-0.15, -0.1) is 37.2 Å². The molecule has 10 nitrogen and oxygen atoms in total. The third-order valence-electron chi connectivity index (χ3n) is 8.11. The second kappa shape index (κ2) is 18.1. The quantitative estimate of drug-likeness (QED) is 0.113. The number of hydrogen-bond acceptors (Lipinski definition) is 8. The van der Waals surface area contributed by atoms with E-state index in [1.165, 1.54) is 0 Å². The van der Waals surface area contributed by atoms with Crippen LogP contribution in [0.2, 0.25) is 0 Å². The van der Waals surface area contributed by atoms with Crippen molar-refractivity contribution in [2.75, 3.05) is 56.8 Å². The molecule has 2 amide bonds. The molecule has 0 unspecified atom stereocenters. The molecule has 0 spiro atoms. The van der Waals surface area contributed by atoms with Gasteiger partial charge in [0.05, 0.1) is 25.1 Å². The first-order valence-electron chi connectivity index (χ1n) is 15.3. The van der Waals surface area contributed by atoms with Gasteiger partial charge in [-0.2, -0.15) is 0 Å². The van der Waals surface area contributed by atoms with Crippen LogP contribution >= 0.6 is 37.2 Å². The van der Waals surface area contributed by atoms with Crippen molar-refractivity contribution >= 4 is 71.3 Å². The van der Waals surface area contributed by atoms with Crippen molar-refractivity contribution in [3.63, 3.8) is 0 Å². The van der Waals surface area contributed by atoms with Crippen molar-refractivity contribution in [1.82, 2.24) is 14.9 Å². The molecular weight excluding hydrogens is 677 g/mol. The number of methoxy groups -OCH3 is 1. The maximum Gasteiger partial charge on any atom is 0.242 e. The topological polar surface area (TPSA) is 97.3 Å². The van der Waals surface area contributed by atoms with Crippen LogP contribution < -0.4 is 24.0 Å². The van der Waals surface area contributed by atoms with E-state index in [0.717, 1.165) is 36.0 Å². The number of carbonyl (C=O) groups excluding carboxylic acids is 2. The molecule has 1 aliphatic heterocycles. The lowest BCUT2D eigenvalue weighted by Crippen LogP contribution is -2.47. The van der Waals surface area contributed by atoms with E-state index in [0.29, 0.717) is 55.1 Å². The molecule has 4 aromatic rings. The summed E-state index contributed by atoms with van der Waals surface area (Å²) in [6.45, 7) is 8.90. The number of pyridine rings is 2. The standard InChI is InChI=1S/C35H41N5O5.3ClH/c1-6-40-28-13-12-27(23-29(28)38(4)33(41)35(2,3)34(40)42)44-21-8-19-39(24-25-15-17-36-18-16-25)20-22-45-31-14-11-26-9-7-10-30(43-5)32(26)37-31;;;/h7,9-18,23H,6,8,19-22,24H2,1-5H3;3*1H. The number of halogens is 3. The second-order valence-corrected chi connectivity index (χ2v) is 11.6. The summed E-state index contributed by atoms with van der Waals surface area (Å²) in [6, 6.07) is 19.3. The molecule has 0 N–H and O–H groups in total. The van der Waals surface area contributed by atoms with Crippen LogP contribution in [0.3, 0.4) is 0 Å². The number of anilines is 2. The maximum absolute atomic E-state index is 13.2. The van der Waals surface area contributed by atoms with Gasteiger partial charge in [0.1, 0.15) is 29.0 Å². The first-order chi connectivity index (χ1) is 21.7. The Morgan fingerprint density at radius 1 is 0.854 bits per heavy atom. The average molecular weight is 721 g/mol. The van der Waals surface area contributed by atoms with Crippen LogP contribution in [0.15, 0.2) is 73.1 Å². The molecule has 2 aromatic carbocycles. The Morgan fingerprint density at radius 3 is 2.31 bits per heavy atom. The molecular formula is C35H44Cl3N5O5. The highest BCUT2D eigenvalue weighted by Gasteiger charge is 2.45. The van der Waals surface area contributed by atoms with Gasteiger partial charge in [0.2, 0.25) is 17.7 Å². The number of carbonyl (C=O) groups is 2. The highest BCUT2D eigenvalue weighted by atomic mass is 35.5. The monoisotopic (exact) mass is 719 g/mol. The van der Waals surface area contributed by atoms with Gasteiger partial charge in [0.25, 0.3) is 0 Å². The first-order valence-corrected chi connectivity index (χ1v) is 15.3. The van der Waals surface area contributed by atoms with Crippen molar-refractivity contribution in [2.45, 2.75) is 33.7 Å². The zero-order chi connectivity index (χ0) is 32.0. The van der Waals surface area contributed by atoms with Crippen molar-refractivity contribution in [2.24, 2.45) is 5.41 Å². The highest BCUT2D eigenvalue weighted by Crippen LogP contribution is 2.40. The van der Waals surface area contributed by atoms with Gasteiger partial charge in [-0.05, 0) is 69.2 Å². The summed E-state index contributed by atoms with van der Waals surface area (Å²) in [5.74, 6) is 1.47. The number of benzene rings is 2. The first kappa shape index (κ1) is 40.3. The minimum absolute atomic E-state index is 0. The molecule has 0 atom stereocenters. The minimum Gasteiger partial charge on any atom is -0.494 e. The number of aromatic nitrogens is 2. The Labute approximate surface area is 301 Å². The SMILES string of the molecule is CCN1C(=O)C(C)(C)C(=O)N(C)c2cc(OCCCN(CCOc3ccc4cccc(OC)c4n3)Cc3ccncc3)ccc21.Cl.Cl.Cl. The Kier molecular flexibility index (Phi) is 15.2. The molecule has 2 aromatic heterocycles. The Hall–Kier alpha value is -3.83. The number of ether oxygens (including phenoxy) is 3. The smallest absolute Gasteiger partial charge is 0.242 e. The summed E-state index contributed by atoms with van der Waals surface area (Å²) in [6.07, 6.45) is 4.37. The van der Waals surface area contributed by atoms with Gasteiger partial charge in [-0.3, -0.25) is 19.5 Å². The number of nitrogens with zero attached hydrogens (tertiary/aromatic N) is 5. The third kappa shape index (κ3) is 8.99. The number of fused-ring (bicyclic) bond motifs is 2. The van der Waals surface area contributed by atoms with Crippen molar-refractivity contribution in [3.05, 3.63) is 78.6 Å². The summed E-state index contributed by atoms with van der Waals surface area (Å²) < 4.78 is 17.7. The molecule has 1 aliphatic rings. The van der Waals surface area contributed by atoms with Crippen molar-refractivity contribution in [3.8, 4) is 17.4 Å². The molecule has 5 rings (SSSR count). The van der Waals surface area contributed by atoms with E-state index in [4.69, 9.17) is 14.2 Å². The number of amides is 2. The molecule has 0 saturated carbocycles. The summed E-state index contributed by atoms with van der Waals surface area (Å²) in [5.41, 5.74) is 2.16. The van der Waals surface area contributed by atoms with Crippen LogP contribution in [0.1, 0.15) is 32.8 Å².